The SMILES string of the molecule is O=C(NCCCN1CCOCC1)c1ccc(C=C2Sc3ccccc3N(Cc3cccc(Cl)c3)C2=O)cc1. The number of hydrogen-bond donors (Lipinski definition) is 1. The van der Waals surface area contributed by atoms with E-state index in [1.807, 2.05) is 66.7 Å². The molecule has 2 heterocycles. The van der Waals surface area contributed by atoms with Crippen molar-refractivity contribution in [3.63, 3.8) is 0 Å². The molecule has 38 heavy (non-hydrogen) atoms. The fraction of sp³-hybridized carbons (Fsp3) is 0.267. The first-order valence-corrected chi connectivity index (χ1v) is 14.0. The first kappa shape index (κ1) is 26.5. The summed E-state index contributed by atoms with van der Waals surface area (Å²) < 4.78 is 5.37. The minimum Gasteiger partial charge on any atom is -0.379 e. The van der Waals surface area contributed by atoms with E-state index >= 15 is 0 Å². The first-order valence-electron chi connectivity index (χ1n) is 12.8. The van der Waals surface area contributed by atoms with Gasteiger partial charge >= 0.3 is 0 Å². The van der Waals surface area contributed by atoms with Gasteiger partial charge in [0.15, 0.2) is 0 Å². The molecule has 1 saturated heterocycles. The minimum absolute atomic E-state index is 0.0595. The van der Waals surface area contributed by atoms with Crippen molar-refractivity contribution in [1.82, 2.24) is 10.2 Å². The monoisotopic (exact) mass is 547 g/mol. The van der Waals surface area contributed by atoms with Gasteiger partial charge < -0.3 is 15.0 Å². The van der Waals surface area contributed by atoms with Crippen molar-refractivity contribution in [2.24, 2.45) is 0 Å². The molecule has 2 aliphatic rings. The van der Waals surface area contributed by atoms with Crippen molar-refractivity contribution in [3.05, 3.63) is 99.4 Å². The number of rotatable bonds is 8. The Morgan fingerprint density at radius 3 is 2.61 bits per heavy atom. The Morgan fingerprint density at radius 1 is 1.03 bits per heavy atom. The van der Waals surface area contributed by atoms with Crippen LogP contribution in [0.5, 0.6) is 0 Å². The lowest BCUT2D eigenvalue weighted by atomic mass is 10.1. The van der Waals surface area contributed by atoms with Gasteiger partial charge in [0.1, 0.15) is 0 Å². The average Bonchev–Trinajstić information content (AvgIpc) is 2.94. The molecule has 3 aromatic rings. The maximum Gasteiger partial charge on any atom is 0.265 e. The fourth-order valence-electron chi connectivity index (χ4n) is 4.55. The number of fused-ring (bicyclic) bond motifs is 1. The van der Waals surface area contributed by atoms with Crippen molar-refractivity contribution in [3.8, 4) is 0 Å². The van der Waals surface area contributed by atoms with Gasteiger partial charge in [-0.2, -0.15) is 0 Å². The number of hydrogen-bond acceptors (Lipinski definition) is 5. The number of nitrogens with zero attached hydrogens (tertiary/aromatic N) is 2. The zero-order valence-corrected chi connectivity index (χ0v) is 22.6. The molecule has 1 N–H and O–H groups in total. The molecule has 1 fully saturated rings. The van der Waals surface area contributed by atoms with E-state index in [1.54, 1.807) is 17.0 Å². The van der Waals surface area contributed by atoms with Crippen molar-refractivity contribution < 1.29 is 14.3 Å². The molecule has 0 atom stereocenters. The second kappa shape index (κ2) is 12.6. The van der Waals surface area contributed by atoms with E-state index in [4.69, 9.17) is 16.3 Å². The van der Waals surface area contributed by atoms with Crippen LogP contribution in [0.15, 0.2) is 82.6 Å². The Morgan fingerprint density at radius 2 is 1.82 bits per heavy atom. The summed E-state index contributed by atoms with van der Waals surface area (Å²) in [4.78, 5) is 31.9. The number of nitrogens with one attached hydrogen (secondary N) is 1. The molecule has 0 saturated carbocycles. The lowest BCUT2D eigenvalue weighted by Gasteiger charge is -2.30. The second-order valence-corrected chi connectivity index (χ2v) is 10.8. The predicted molar refractivity (Wildman–Crippen MR) is 154 cm³/mol. The van der Waals surface area contributed by atoms with Gasteiger partial charge in [-0.25, -0.2) is 0 Å². The number of para-hydroxylation sites is 1. The van der Waals surface area contributed by atoms with Crippen LogP contribution < -0.4 is 10.2 Å². The Kier molecular flexibility index (Phi) is 8.81. The van der Waals surface area contributed by atoms with E-state index in [1.165, 1.54) is 11.8 Å². The molecule has 0 bridgehead atoms. The normalized spacial score (nSPS) is 16.9. The van der Waals surface area contributed by atoms with Gasteiger partial charge in [-0.3, -0.25) is 14.5 Å². The largest absolute Gasteiger partial charge is 0.379 e. The minimum atomic E-state index is -0.0871. The predicted octanol–water partition coefficient (Wildman–Crippen LogP) is 5.47. The Bertz CT molecular complexity index is 1320. The van der Waals surface area contributed by atoms with Crippen molar-refractivity contribution >= 4 is 46.9 Å². The molecular weight excluding hydrogens is 518 g/mol. The number of halogens is 1. The van der Waals surface area contributed by atoms with Crippen molar-refractivity contribution in [2.45, 2.75) is 17.9 Å². The highest BCUT2D eigenvalue weighted by molar-refractivity contribution is 8.04. The molecule has 0 aliphatic carbocycles. The molecule has 0 aromatic heterocycles. The molecule has 196 valence electrons. The molecule has 5 rings (SSSR count). The topological polar surface area (TPSA) is 61.9 Å². The van der Waals surface area contributed by atoms with E-state index < -0.39 is 0 Å². The summed E-state index contributed by atoms with van der Waals surface area (Å²) in [6.45, 7) is 5.50. The number of ether oxygens (including phenoxy) is 1. The third-order valence-electron chi connectivity index (χ3n) is 6.57. The standard InChI is InChI=1S/C30H30ClN3O3S/c31-25-6-3-5-23(19-25)21-34-26-7-1-2-8-27(26)38-28(30(34)36)20-22-9-11-24(12-10-22)29(35)32-13-4-14-33-15-17-37-18-16-33/h1-3,5-12,19-20H,4,13-18,21H2,(H,32,35). The molecule has 6 nitrogen and oxygen atoms in total. The van der Waals surface area contributed by atoms with Crippen LogP contribution in [-0.2, 0) is 16.1 Å². The summed E-state index contributed by atoms with van der Waals surface area (Å²) in [5.41, 5.74) is 3.33. The number of anilines is 1. The zero-order valence-electron chi connectivity index (χ0n) is 21.1. The van der Waals surface area contributed by atoms with Gasteiger partial charge in [-0.15, -0.1) is 0 Å². The van der Waals surface area contributed by atoms with Crippen molar-refractivity contribution in [2.75, 3.05) is 44.3 Å². The quantitative estimate of drug-likeness (QED) is 0.299. The fourth-order valence-corrected chi connectivity index (χ4v) is 5.82. The summed E-state index contributed by atoms with van der Waals surface area (Å²) in [6, 6.07) is 22.9. The number of thioether (sulfide) groups is 1. The molecule has 2 amide bonds. The van der Waals surface area contributed by atoms with Gasteiger partial charge in [-0.1, -0.05) is 59.8 Å². The van der Waals surface area contributed by atoms with Crippen LogP contribution in [0, 0.1) is 0 Å². The highest BCUT2D eigenvalue weighted by atomic mass is 35.5. The Balaban J connectivity index is 1.24. The maximum atomic E-state index is 13.5. The summed E-state index contributed by atoms with van der Waals surface area (Å²) in [7, 11) is 0. The van der Waals surface area contributed by atoms with Crippen LogP contribution >= 0.6 is 23.4 Å². The van der Waals surface area contributed by atoms with Crippen LogP contribution in [0.25, 0.3) is 6.08 Å². The van der Waals surface area contributed by atoms with E-state index in [2.05, 4.69) is 10.2 Å². The zero-order chi connectivity index (χ0) is 26.3. The molecule has 0 spiro atoms. The van der Waals surface area contributed by atoms with Gasteiger partial charge in [0.2, 0.25) is 0 Å². The third kappa shape index (κ3) is 6.66. The van der Waals surface area contributed by atoms with E-state index in [0.717, 1.165) is 61.0 Å². The lowest BCUT2D eigenvalue weighted by molar-refractivity contribution is -0.114. The summed E-state index contributed by atoms with van der Waals surface area (Å²) in [5, 5.41) is 3.65. The first-order chi connectivity index (χ1) is 18.6. The number of carbonyl (C=O) groups is 2. The van der Waals surface area contributed by atoms with E-state index in [0.29, 0.717) is 28.6 Å². The molecular formula is C30H30ClN3O3S. The van der Waals surface area contributed by atoms with Crippen LogP contribution in [-0.4, -0.2) is 56.1 Å². The van der Waals surface area contributed by atoms with Gasteiger partial charge in [0, 0.05) is 35.1 Å². The Hall–Kier alpha value is -3.10. The Labute approximate surface area is 232 Å². The lowest BCUT2D eigenvalue weighted by Crippen LogP contribution is -2.38. The molecule has 0 unspecified atom stereocenters. The number of morpholine rings is 1. The van der Waals surface area contributed by atoms with E-state index in [-0.39, 0.29) is 11.8 Å². The third-order valence-corrected chi connectivity index (χ3v) is 7.89. The van der Waals surface area contributed by atoms with Gasteiger partial charge in [0.25, 0.3) is 11.8 Å². The maximum absolute atomic E-state index is 13.5. The summed E-state index contributed by atoms with van der Waals surface area (Å²) in [5.74, 6) is -0.147. The smallest absolute Gasteiger partial charge is 0.265 e. The highest BCUT2D eigenvalue weighted by Gasteiger charge is 2.29. The molecule has 8 heteroatoms. The number of carbonyl (C=O) groups excluding carboxylic acids is 2. The summed E-state index contributed by atoms with van der Waals surface area (Å²) in [6.07, 6.45) is 2.79. The van der Waals surface area contributed by atoms with Gasteiger partial charge in [0.05, 0.1) is 30.4 Å². The van der Waals surface area contributed by atoms with Crippen LogP contribution in [0.4, 0.5) is 5.69 Å². The van der Waals surface area contributed by atoms with Crippen LogP contribution in [0.2, 0.25) is 5.02 Å². The molecule has 2 aliphatic heterocycles. The molecule has 0 radical (unpaired) electrons. The number of amides is 2. The second-order valence-electron chi connectivity index (χ2n) is 9.29. The van der Waals surface area contributed by atoms with Crippen LogP contribution in [0.1, 0.15) is 27.9 Å². The van der Waals surface area contributed by atoms with Crippen LogP contribution in [0.3, 0.4) is 0 Å². The number of benzene rings is 3. The highest BCUT2D eigenvalue weighted by Crippen LogP contribution is 2.42. The van der Waals surface area contributed by atoms with Crippen molar-refractivity contribution in [1.29, 1.82) is 0 Å². The summed E-state index contributed by atoms with van der Waals surface area (Å²) >= 11 is 7.65. The van der Waals surface area contributed by atoms with Gasteiger partial charge in [-0.05, 0) is 66.6 Å². The molecule has 3 aromatic carbocycles. The van der Waals surface area contributed by atoms with E-state index in [9.17, 15) is 9.59 Å². The average molecular weight is 548 g/mol.